The van der Waals surface area contributed by atoms with E-state index in [1.807, 2.05) is 6.07 Å². The molecule has 2 aromatic carbocycles. The Morgan fingerprint density at radius 3 is 2.54 bits per heavy atom. The Hall–Kier alpha value is -1.76. The second-order valence-electron chi connectivity index (χ2n) is 10.1. The van der Waals surface area contributed by atoms with Crippen molar-refractivity contribution in [1.82, 2.24) is 9.80 Å². The first-order valence-electron chi connectivity index (χ1n) is 12.7. The number of hydrogen-bond donors (Lipinski definition) is 0. The van der Waals surface area contributed by atoms with E-state index in [9.17, 15) is 4.39 Å². The van der Waals surface area contributed by atoms with Crippen molar-refractivity contribution in [2.45, 2.75) is 31.9 Å². The molecule has 6 heteroatoms. The van der Waals surface area contributed by atoms with Crippen molar-refractivity contribution >= 4 is 22.9 Å². The predicted molar refractivity (Wildman–Crippen MR) is 142 cm³/mol. The van der Waals surface area contributed by atoms with E-state index in [0.29, 0.717) is 24.4 Å². The molecule has 35 heavy (non-hydrogen) atoms. The molecule has 186 valence electrons. The Morgan fingerprint density at radius 1 is 0.971 bits per heavy atom. The van der Waals surface area contributed by atoms with Crippen LogP contribution in [0.5, 0.6) is 0 Å². The molecule has 2 aliphatic heterocycles. The summed E-state index contributed by atoms with van der Waals surface area (Å²) in [5.41, 5.74) is 3.83. The van der Waals surface area contributed by atoms with E-state index in [1.165, 1.54) is 36.1 Å². The molecule has 2 saturated heterocycles. The topological polar surface area (TPSA) is 15.7 Å². The molecule has 3 heterocycles. The van der Waals surface area contributed by atoms with E-state index < -0.39 is 0 Å². The van der Waals surface area contributed by atoms with E-state index in [2.05, 4.69) is 44.8 Å². The van der Waals surface area contributed by atoms with Crippen LogP contribution in [0.4, 0.5) is 4.39 Å². The highest BCUT2D eigenvalue weighted by atomic mass is 35.5. The number of ether oxygens (including phenoxy) is 1. The molecule has 3 nitrogen and oxygen atoms in total. The van der Waals surface area contributed by atoms with Gasteiger partial charge in [0.1, 0.15) is 5.82 Å². The van der Waals surface area contributed by atoms with Gasteiger partial charge in [-0.3, -0.25) is 4.90 Å². The minimum Gasteiger partial charge on any atom is -0.376 e. The van der Waals surface area contributed by atoms with Crippen LogP contribution in [0.2, 0.25) is 5.02 Å². The molecule has 2 aliphatic rings. The molecule has 0 N–H and O–H groups in total. The molecule has 0 bridgehead atoms. The summed E-state index contributed by atoms with van der Waals surface area (Å²) >= 11 is 8.04. The predicted octanol–water partition coefficient (Wildman–Crippen LogP) is 6.69. The van der Waals surface area contributed by atoms with Crippen LogP contribution in [0.15, 0.2) is 65.4 Å². The van der Waals surface area contributed by atoms with Crippen LogP contribution in [-0.4, -0.2) is 49.1 Å². The van der Waals surface area contributed by atoms with Gasteiger partial charge < -0.3 is 9.64 Å². The molecule has 0 radical (unpaired) electrons. The van der Waals surface area contributed by atoms with Gasteiger partial charge in [-0.05, 0) is 95.5 Å². The lowest BCUT2D eigenvalue weighted by atomic mass is 9.89. The number of piperidine rings is 1. The van der Waals surface area contributed by atoms with Crippen LogP contribution in [0, 0.1) is 17.7 Å². The van der Waals surface area contributed by atoms with Crippen LogP contribution < -0.4 is 0 Å². The van der Waals surface area contributed by atoms with E-state index >= 15 is 0 Å². The number of benzene rings is 2. The third kappa shape index (κ3) is 6.93. The first kappa shape index (κ1) is 24.9. The molecule has 2 fully saturated rings. The summed E-state index contributed by atoms with van der Waals surface area (Å²) in [4.78, 5) is 5.28. The Bertz CT molecular complexity index is 1050. The lowest BCUT2D eigenvalue weighted by Gasteiger charge is -2.34. The minimum atomic E-state index is -0.197. The van der Waals surface area contributed by atoms with Gasteiger partial charge in [-0.15, -0.1) is 0 Å². The Balaban J connectivity index is 1.11. The summed E-state index contributed by atoms with van der Waals surface area (Å²) in [5.74, 6) is 1.66. The molecule has 1 aromatic heterocycles. The maximum Gasteiger partial charge on any atom is 0.123 e. The fourth-order valence-electron chi connectivity index (χ4n) is 5.62. The standard InChI is InChI=1S/C29H34ClFN2OS/c30-27-3-1-2-24(14-27)15-33-17-26(29(18-33)25-10-13-35-21-25)16-32-11-8-23(9-12-32)20-34-19-22-4-6-28(31)7-5-22/h1-7,10,13-14,21,23,26,29H,8-9,11-12,15-20H2. The summed E-state index contributed by atoms with van der Waals surface area (Å²) in [6, 6.07) is 17.2. The minimum absolute atomic E-state index is 0.197. The van der Waals surface area contributed by atoms with Gasteiger partial charge in [0.2, 0.25) is 0 Å². The van der Waals surface area contributed by atoms with Crippen molar-refractivity contribution in [2.75, 3.05) is 39.3 Å². The zero-order valence-corrected chi connectivity index (χ0v) is 21.7. The highest BCUT2D eigenvalue weighted by Crippen LogP contribution is 2.36. The zero-order chi connectivity index (χ0) is 24.0. The summed E-state index contributed by atoms with van der Waals surface area (Å²) in [5, 5.41) is 5.37. The summed E-state index contributed by atoms with van der Waals surface area (Å²) in [7, 11) is 0. The van der Waals surface area contributed by atoms with Crippen LogP contribution in [0.1, 0.15) is 35.4 Å². The van der Waals surface area contributed by atoms with Gasteiger partial charge in [0.05, 0.1) is 6.61 Å². The first-order valence-corrected chi connectivity index (χ1v) is 14.0. The largest absolute Gasteiger partial charge is 0.376 e. The highest BCUT2D eigenvalue weighted by molar-refractivity contribution is 7.08. The summed E-state index contributed by atoms with van der Waals surface area (Å²) in [6.45, 7) is 8.01. The number of thiophene rings is 1. The highest BCUT2D eigenvalue weighted by Gasteiger charge is 2.35. The quantitative estimate of drug-likeness (QED) is 0.318. The zero-order valence-electron chi connectivity index (χ0n) is 20.1. The summed E-state index contributed by atoms with van der Waals surface area (Å²) < 4.78 is 19.0. The van der Waals surface area contributed by atoms with Gasteiger partial charge in [-0.25, -0.2) is 4.39 Å². The van der Waals surface area contributed by atoms with Crippen LogP contribution in [0.25, 0.3) is 0 Å². The van der Waals surface area contributed by atoms with E-state index in [-0.39, 0.29) is 5.82 Å². The second-order valence-corrected chi connectivity index (χ2v) is 11.3. The first-order chi connectivity index (χ1) is 17.1. The van der Waals surface area contributed by atoms with Crippen molar-refractivity contribution in [1.29, 1.82) is 0 Å². The lowest BCUT2D eigenvalue weighted by molar-refractivity contribution is 0.0542. The molecular formula is C29H34ClFN2OS. The van der Waals surface area contributed by atoms with Gasteiger partial charge in [0.25, 0.3) is 0 Å². The Labute approximate surface area is 217 Å². The average Bonchev–Trinajstić information content (AvgIpc) is 3.52. The van der Waals surface area contributed by atoms with Gasteiger partial charge in [0.15, 0.2) is 0 Å². The lowest BCUT2D eigenvalue weighted by Crippen LogP contribution is -2.39. The molecule has 0 aliphatic carbocycles. The molecule has 2 atom stereocenters. The molecule has 0 amide bonds. The SMILES string of the molecule is Fc1ccc(COCC2CCN(CC3CN(Cc4cccc(Cl)c4)CC3c3ccsc3)CC2)cc1. The van der Waals surface area contributed by atoms with Crippen molar-refractivity contribution in [3.63, 3.8) is 0 Å². The maximum absolute atomic E-state index is 13.1. The van der Waals surface area contributed by atoms with Crippen molar-refractivity contribution < 1.29 is 9.13 Å². The summed E-state index contributed by atoms with van der Waals surface area (Å²) in [6.07, 6.45) is 2.37. The van der Waals surface area contributed by atoms with Crippen LogP contribution in [-0.2, 0) is 17.9 Å². The number of rotatable bonds is 9. The fourth-order valence-corrected chi connectivity index (χ4v) is 6.56. The second kappa shape index (κ2) is 12.0. The molecule has 0 spiro atoms. The monoisotopic (exact) mass is 512 g/mol. The van der Waals surface area contributed by atoms with Crippen LogP contribution in [0.3, 0.4) is 0 Å². The molecule has 2 unspecified atom stereocenters. The van der Waals surface area contributed by atoms with Crippen LogP contribution >= 0.6 is 22.9 Å². The van der Waals surface area contributed by atoms with E-state index in [4.69, 9.17) is 16.3 Å². The maximum atomic E-state index is 13.1. The van der Waals surface area contributed by atoms with Gasteiger partial charge in [0, 0.05) is 43.7 Å². The normalized spacial score (nSPS) is 22.1. The van der Waals surface area contributed by atoms with E-state index in [0.717, 1.165) is 56.5 Å². The number of likely N-dealkylation sites (tertiary alicyclic amines) is 2. The van der Waals surface area contributed by atoms with Crippen molar-refractivity contribution in [3.8, 4) is 0 Å². The van der Waals surface area contributed by atoms with Gasteiger partial charge in [-0.2, -0.15) is 11.3 Å². The molecular weight excluding hydrogens is 479 g/mol. The average molecular weight is 513 g/mol. The van der Waals surface area contributed by atoms with Crippen molar-refractivity contribution in [2.24, 2.45) is 11.8 Å². The van der Waals surface area contributed by atoms with Gasteiger partial charge in [-0.1, -0.05) is 35.9 Å². The third-order valence-electron chi connectivity index (χ3n) is 7.52. The molecule has 0 saturated carbocycles. The number of hydrogen-bond acceptors (Lipinski definition) is 4. The van der Waals surface area contributed by atoms with Gasteiger partial charge >= 0.3 is 0 Å². The third-order valence-corrected chi connectivity index (χ3v) is 8.46. The smallest absolute Gasteiger partial charge is 0.123 e. The van der Waals surface area contributed by atoms with E-state index in [1.54, 1.807) is 23.5 Å². The Kier molecular flexibility index (Phi) is 8.53. The molecule has 5 rings (SSSR count). The number of nitrogens with zero attached hydrogens (tertiary/aromatic N) is 2. The Morgan fingerprint density at radius 2 is 1.80 bits per heavy atom. The molecule has 3 aromatic rings. The van der Waals surface area contributed by atoms with Crippen molar-refractivity contribution in [3.05, 3.63) is 92.9 Å². The fraction of sp³-hybridized carbons (Fsp3) is 0.448. The number of halogens is 2.